The minimum atomic E-state index is -0.166. The molecular weight excluding hydrogens is 485 g/mol. The number of fused-ring (bicyclic) bond motifs is 2. The lowest BCUT2D eigenvalue weighted by Crippen LogP contribution is -2.23. The maximum atomic E-state index is 13.4. The average molecular weight is 505 g/mol. The lowest BCUT2D eigenvalue weighted by Gasteiger charge is -2.11. The standard InChI is InChI=1S/C25H20N4O2S3/c1-3-11-29-24(31)22-18(16-7-5-4-6-8-16)13-32-23(22)28-25(29)33-14-21(30)27-17-9-10-19-20(12-17)34-15(2)26-19/h3-10,12-13H,1,11,14H2,2H3,(H,27,30). The summed E-state index contributed by atoms with van der Waals surface area (Å²) >= 11 is 4.27. The van der Waals surface area contributed by atoms with Gasteiger partial charge in [-0.3, -0.25) is 14.2 Å². The molecule has 0 aliphatic rings. The summed E-state index contributed by atoms with van der Waals surface area (Å²) in [5.41, 5.74) is 3.37. The molecule has 1 N–H and O–H groups in total. The third-order valence-corrected chi connectivity index (χ3v) is 7.95. The maximum absolute atomic E-state index is 13.4. The van der Waals surface area contributed by atoms with Gasteiger partial charge < -0.3 is 5.32 Å². The zero-order valence-electron chi connectivity index (χ0n) is 18.3. The van der Waals surface area contributed by atoms with Gasteiger partial charge in [0.05, 0.1) is 26.4 Å². The van der Waals surface area contributed by atoms with Crippen LogP contribution in [0, 0.1) is 6.92 Å². The Morgan fingerprint density at radius 3 is 2.82 bits per heavy atom. The van der Waals surface area contributed by atoms with Gasteiger partial charge in [0.2, 0.25) is 5.91 Å². The van der Waals surface area contributed by atoms with Crippen molar-refractivity contribution >= 4 is 66.5 Å². The molecular formula is C25H20N4O2S3. The summed E-state index contributed by atoms with van der Waals surface area (Å²) in [4.78, 5) is 35.9. The summed E-state index contributed by atoms with van der Waals surface area (Å²) in [5, 5.41) is 6.98. The molecule has 5 aromatic rings. The van der Waals surface area contributed by atoms with Crippen LogP contribution in [0.3, 0.4) is 0 Å². The molecule has 6 nitrogen and oxygen atoms in total. The fourth-order valence-electron chi connectivity index (χ4n) is 3.68. The highest BCUT2D eigenvalue weighted by molar-refractivity contribution is 7.99. The van der Waals surface area contributed by atoms with E-state index >= 15 is 0 Å². The van der Waals surface area contributed by atoms with Crippen molar-refractivity contribution in [3.05, 3.63) is 81.9 Å². The number of carbonyl (C=O) groups excluding carboxylic acids is 1. The monoisotopic (exact) mass is 504 g/mol. The van der Waals surface area contributed by atoms with Gasteiger partial charge in [-0.15, -0.1) is 29.3 Å². The average Bonchev–Trinajstić information content (AvgIpc) is 3.43. The number of hydrogen-bond donors (Lipinski definition) is 1. The van der Waals surface area contributed by atoms with Crippen molar-refractivity contribution in [2.75, 3.05) is 11.1 Å². The summed E-state index contributed by atoms with van der Waals surface area (Å²) in [6.07, 6.45) is 1.67. The number of hydrogen-bond acceptors (Lipinski definition) is 7. The molecule has 0 bridgehead atoms. The molecule has 0 fully saturated rings. The molecule has 34 heavy (non-hydrogen) atoms. The zero-order chi connectivity index (χ0) is 23.7. The van der Waals surface area contributed by atoms with Gasteiger partial charge in [0.25, 0.3) is 5.56 Å². The second-order valence-electron chi connectivity index (χ2n) is 7.55. The van der Waals surface area contributed by atoms with E-state index < -0.39 is 0 Å². The number of aromatic nitrogens is 3. The third-order valence-electron chi connectivity index (χ3n) is 5.17. The number of amides is 1. The number of thiophene rings is 1. The van der Waals surface area contributed by atoms with Crippen molar-refractivity contribution in [3.63, 3.8) is 0 Å². The van der Waals surface area contributed by atoms with Gasteiger partial charge in [0.15, 0.2) is 5.16 Å². The molecule has 0 aliphatic heterocycles. The predicted octanol–water partition coefficient (Wildman–Crippen LogP) is 5.96. The van der Waals surface area contributed by atoms with E-state index in [0.29, 0.717) is 21.9 Å². The van der Waals surface area contributed by atoms with Gasteiger partial charge in [0, 0.05) is 23.2 Å². The minimum Gasteiger partial charge on any atom is -0.325 e. The van der Waals surface area contributed by atoms with Crippen LogP contribution in [0.1, 0.15) is 5.01 Å². The number of benzene rings is 2. The van der Waals surface area contributed by atoms with Gasteiger partial charge in [0.1, 0.15) is 4.83 Å². The first kappa shape index (κ1) is 22.5. The Morgan fingerprint density at radius 2 is 2.03 bits per heavy atom. The lowest BCUT2D eigenvalue weighted by atomic mass is 10.1. The molecule has 0 saturated carbocycles. The normalized spacial score (nSPS) is 11.2. The second kappa shape index (κ2) is 9.54. The first-order valence-electron chi connectivity index (χ1n) is 10.5. The number of rotatable bonds is 7. The van der Waals surface area contributed by atoms with Crippen LogP contribution in [-0.4, -0.2) is 26.2 Å². The Balaban J connectivity index is 1.40. The molecule has 0 spiro atoms. The van der Waals surface area contributed by atoms with Crippen molar-refractivity contribution in [2.45, 2.75) is 18.6 Å². The summed E-state index contributed by atoms with van der Waals surface area (Å²) in [7, 11) is 0. The quantitative estimate of drug-likeness (QED) is 0.168. The molecule has 0 saturated heterocycles. The van der Waals surface area contributed by atoms with Gasteiger partial charge in [-0.1, -0.05) is 48.2 Å². The number of carbonyl (C=O) groups is 1. The summed E-state index contributed by atoms with van der Waals surface area (Å²) in [5.74, 6) is -0.0348. The Bertz CT molecular complexity index is 1580. The number of thiazole rings is 1. The molecule has 2 aromatic carbocycles. The van der Waals surface area contributed by atoms with Crippen molar-refractivity contribution in [1.29, 1.82) is 0 Å². The molecule has 3 aromatic heterocycles. The number of thioether (sulfide) groups is 1. The van der Waals surface area contributed by atoms with Crippen LogP contribution < -0.4 is 10.9 Å². The molecule has 0 unspecified atom stereocenters. The Morgan fingerprint density at radius 1 is 1.21 bits per heavy atom. The summed E-state index contributed by atoms with van der Waals surface area (Å²) < 4.78 is 2.61. The van der Waals surface area contributed by atoms with E-state index in [-0.39, 0.29) is 17.2 Å². The fraction of sp³-hybridized carbons (Fsp3) is 0.120. The van der Waals surface area contributed by atoms with Gasteiger partial charge in [-0.2, -0.15) is 0 Å². The van der Waals surface area contributed by atoms with Crippen LogP contribution in [-0.2, 0) is 11.3 Å². The highest BCUT2D eigenvalue weighted by Crippen LogP contribution is 2.32. The number of aryl methyl sites for hydroxylation is 1. The Kier molecular flexibility index (Phi) is 6.32. The van der Waals surface area contributed by atoms with Gasteiger partial charge in [-0.05, 0) is 30.7 Å². The highest BCUT2D eigenvalue weighted by atomic mass is 32.2. The number of allylic oxidation sites excluding steroid dienone is 1. The van der Waals surface area contributed by atoms with E-state index in [1.165, 1.54) is 23.1 Å². The predicted molar refractivity (Wildman–Crippen MR) is 143 cm³/mol. The Hall–Kier alpha value is -3.27. The van der Waals surface area contributed by atoms with E-state index in [4.69, 9.17) is 4.98 Å². The Labute approximate surface area is 208 Å². The molecule has 5 rings (SSSR count). The van der Waals surface area contributed by atoms with E-state index in [2.05, 4.69) is 16.9 Å². The van der Waals surface area contributed by atoms with E-state index in [0.717, 1.165) is 32.0 Å². The highest BCUT2D eigenvalue weighted by Gasteiger charge is 2.18. The molecule has 1 amide bonds. The first-order valence-corrected chi connectivity index (χ1v) is 13.2. The largest absolute Gasteiger partial charge is 0.325 e. The van der Waals surface area contributed by atoms with E-state index in [1.54, 1.807) is 22.0 Å². The molecule has 0 radical (unpaired) electrons. The first-order chi connectivity index (χ1) is 16.5. The lowest BCUT2D eigenvalue weighted by molar-refractivity contribution is -0.113. The van der Waals surface area contributed by atoms with Crippen molar-refractivity contribution in [2.24, 2.45) is 0 Å². The third kappa shape index (κ3) is 4.42. The van der Waals surface area contributed by atoms with Crippen molar-refractivity contribution in [1.82, 2.24) is 14.5 Å². The molecule has 0 aliphatic carbocycles. The van der Waals surface area contributed by atoms with Crippen LogP contribution in [0.5, 0.6) is 0 Å². The van der Waals surface area contributed by atoms with Crippen LogP contribution in [0.2, 0.25) is 0 Å². The number of nitrogens with zero attached hydrogens (tertiary/aromatic N) is 3. The topological polar surface area (TPSA) is 76.9 Å². The minimum absolute atomic E-state index is 0.126. The van der Waals surface area contributed by atoms with E-state index in [9.17, 15) is 9.59 Å². The molecule has 9 heteroatoms. The maximum Gasteiger partial charge on any atom is 0.263 e. The van der Waals surface area contributed by atoms with Crippen molar-refractivity contribution < 1.29 is 4.79 Å². The van der Waals surface area contributed by atoms with Crippen LogP contribution in [0.25, 0.3) is 31.6 Å². The van der Waals surface area contributed by atoms with Gasteiger partial charge >= 0.3 is 0 Å². The van der Waals surface area contributed by atoms with Crippen molar-refractivity contribution in [3.8, 4) is 11.1 Å². The smallest absolute Gasteiger partial charge is 0.263 e. The SMILES string of the molecule is C=CCn1c(SCC(=O)Nc2ccc3nc(C)sc3c2)nc2scc(-c3ccccc3)c2c1=O. The second-order valence-corrected chi connectivity index (χ2v) is 10.6. The molecule has 0 atom stereocenters. The zero-order valence-corrected chi connectivity index (χ0v) is 20.7. The number of nitrogens with one attached hydrogen (secondary N) is 1. The summed E-state index contributed by atoms with van der Waals surface area (Å²) in [6.45, 7) is 6.06. The fourth-order valence-corrected chi connectivity index (χ4v) is 6.34. The van der Waals surface area contributed by atoms with Crippen LogP contribution in [0.4, 0.5) is 5.69 Å². The van der Waals surface area contributed by atoms with Gasteiger partial charge in [-0.25, -0.2) is 9.97 Å². The van der Waals surface area contributed by atoms with Crippen LogP contribution >= 0.6 is 34.4 Å². The number of anilines is 1. The van der Waals surface area contributed by atoms with Crippen LogP contribution in [0.15, 0.2) is 76.5 Å². The molecule has 3 heterocycles. The summed E-state index contributed by atoms with van der Waals surface area (Å²) in [6, 6.07) is 15.5. The van der Waals surface area contributed by atoms with E-state index in [1.807, 2.05) is 60.8 Å². The molecule has 170 valence electrons.